The fourth-order valence-electron chi connectivity index (χ4n) is 2.68. The maximum Gasteiger partial charge on any atom is 0.0375 e. The molecule has 0 unspecified atom stereocenters. The topological polar surface area (TPSA) is 12.0 Å². The highest BCUT2D eigenvalue weighted by Gasteiger charge is 2.08. The molecule has 0 saturated heterocycles. The van der Waals surface area contributed by atoms with Gasteiger partial charge < -0.3 is 5.32 Å². The lowest BCUT2D eigenvalue weighted by atomic mass is 9.97. The number of benzene rings is 2. The van der Waals surface area contributed by atoms with E-state index in [0.717, 1.165) is 13.0 Å². The van der Waals surface area contributed by atoms with Gasteiger partial charge >= 0.3 is 0 Å². The molecule has 0 spiro atoms. The molecule has 0 radical (unpaired) electrons. The van der Waals surface area contributed by atoms with Crippen LogP contribution < -0.4 is 5.32 Å². The smallest absolute Gasteiger partial charge is 0.0375 e. The Balaban J connectivity index is 1.85. The van der Waals surface area contributed by atoms with E-state index in [2.05, 4.69) is 54.7 Å². The predicted molar refractivity (Wildman–Crippen MR) is 77.2 cm³/mol. The molecule has 1 N–H and O–H groups in total. The molecule has 1 aliphatic rings. The molecule has 0 amide bonds. The Morgan fingerprint density at radius 2 is 1.94 bits per heavy atom. The number of nitrogens with one attached hydrogen (secondary N) is 1. The minimum Gasteiger partial charge on any atom is -0.385 e. The van der Waals surface area contributed by atoms with Gasteiger partial charge in [-0.05, 0) is 48.9 Å². The summed E-state index contributed by atoms with van der Waals surface area (Å²) in [5.74, 6) is 0. The molecule has 1 heteroatoms. The van der Waals surface area contributed by atoms with E-state index in [9.17, 15) is 0 Å². The van der Waals surface area contributed by atoms with Crippen LogP contribution in [0.5, 0.6) is 0 Å². The van der Waals surface area contributed by atoms with Crippen LogP contribution in [0.2, 0.25) is 0 Å². The third-order valence-electron chi connectivity index (χ3n) is 3.60. The second kappa shape index (κ2) is 4.85. The lowest BCUT2D eigenvalue weighted by molar-refractivity contribution is 0.829. The maximum absolute atomic E-state index is 3.50. The first-order valence-electron chi connectivity index (χ1n) is 6.72. The molecule has 0 saturated carbocycles. The Hall–Kier alpha value is -1.76. The highest BCUT2D eigenvalue weighted by Crippen LogP contribution is 2.24. The Kier molecular flexibility index (Phi) is 3.06. The van der Waals surface area contributed by atoms with Crippen LogP contribution in [-0.4, -0.2) is 6.54 Å². The summed E-state index contributed by atoms with van der Waals surface area (Å²) < 4.78 is 0. The summed E-state index contributed by atoms with van der Waals surface area (Å²) in [6.45, 7) is 3.26. The summed E-state index contributed by atoms with van der Waals surface area (Å²) in [5, 5.41) is 3.50. The largest absolute Gasteiger partial charge is 0.385 e. The van der Waals surface area contributed by atoms with Crippen molar-refractivity contribution in [2.75, 3.05) is 11.9 Å². The number of rotatable bonds is 2. The summed E-state index contributed by atoms with van der Waals surface area (Å²) in [5.41, 5.74) is 6.93. The van der Waals surface area contributed by atoms with Crippen LogP contribution in [0.1, 0.15) is 28.7 Å². The van der Waals surface area contributed by atoms with E-state index >= 15 is 0 Å². The molecule has 0 aromatic heterocycles. The van der Waals surface area contributed by atoms with E-state index in [1.54, 1.807) is 0 Å². The fraction of sp³-hybridized carbons (Fsp3) is 0.294. The van der Waals surface area contributed by atoms with Crippen LogP contribution in [0.15, 0.2) is 42.5 Å². The number of fused-ring (bicyclic) bond motifs is 1. The average Bonchev–Trinajstić information content (AvgIpc) is 2.39. The van der Waals surface area contributed by atoms with Crippen molar-refractivity contribution >= 4 is 5.69 Å². The molecule has 3 rings (SSSR count). The number of anilines is 1. The lowest BCUT2D eigenvalue weighted by Gasteiger charge is -2.18. The molecule has 2 aromatic rings. The van der Waals surface area contributed by atoms with E-state index in [4.69, 9.17) is 0 Å². The summed E-state index contributed by atoms with van der Waals surface area (Å²) in [6, 6.07) is 15.6. The van der Waals surface area contributed by atoms with Crippen LogP contribution in [0.4, 0.5) is 5.69 Å². The number of aryl methyl sites for hydroxylation is 2. The molecule has 1 heterocycles. The van der Waals surface area contributed by atoms with Gasteiger partial charge in [-0.1, -0.05) is 42.0 Å². The van der Waals surface area contributed by atoms with Crippen molar-refractivity contribution in [3.63, 3.8) is 0 Å². The van der Waals surface area contributed by atoms with Crippen molar-refractivity contribution in [1.82, 2.24) is 0 Å². The molecular weight excluding hydrogens is 218 g/mol. The third kappa shape index (κ3) is 2.40. The van der Waals surface area contributed by atoms with Crippen molar-refractivity contribution in [3.8, 4) is 0 Å². The molecule has 0 fully saturated rings. The highest BCUT2D eigenvalue weighted by molar-refractivity contribution is 5.55. The predicted octanol–water partition coefficient (Wildman–Crippen LogP) is 3.94. The van der Waals surface area contributed by atoms with Crippen molar-refractivity contribution in [2.45, 2.75) is 26.2 Å². The molecule has 92 valence electrons. The zero-order chi connectivity index (χ0) is 12.4. The molecule has 0 aliphatic carbocycles. The minimum atomic E-state index is 1.02. The fourth-order valence-corrected chi connectivity index (χ4v) is 2.68. The van der Waals surface area contributed by atoms with Crippen molar-refractivity contribution in [3.05, 3.63) is 64.7 Å². The molecule has 18 heavy (non-hydrogen) atoms. The minimum absolute atomic E-state index is 1.02. The van der Waals surface area contributed by atoms with Gasteiger partial charge in [0.25, 0.3) is 0 Å². The van der Waals surface area contributed by atoms with Gasteiger partial charge in [-0.2, -0.15) is 0 Å². The van der Waals surface area contributed by atoms with E-state index in [1.807, 2.05) is 0 Å². The van der Waals surface area contributed by atoms with E-state index in [1.165, 1.54) is 40.8 Å². The molecule has 1 nitrogen and oxygen atoms in total. The summed E-state index contributed by atoms with van der Waals surface area (Å²) in [7, 11) is 0. The van der Waals surface area contributed by atoms with Crippen LogP contribution in [0, 0.1) is 6.92 Å². The van der Waals surface area contributed by atoms with Crippen molar-refractivity contribution in [1.29, 1.82) is 0 Å². The monoisotopic (exact) mass is 237 g/mol. The van der Waals surface area contributed by atoms with Crippen LogP contribution in [-0.2, 0) is 12.8 Å². The van der Waals surface area contributed by atoms with Gasteiger partial charge in [0.1, 0.15) is 0 Å². The van der Waals surface area contributed by atoms with Gasteiger partial charge in [0.2, 0.25) is 0 Å². The zero-order valence-corrected chi connectivity index (χ0v) is 10.9. The molecule has 1 aliphatic heterocycles. The van der Waals surface area contributed by atoms with Gasteiger partial charge in [-0.3, -0.25) is 0 Å². The molecule has 0 bridgehead atoms. The third-order valence-corrected chi connectivity index (χ3v) is 3.60. The van der Waals surface area contributed by atoms with Crippen LogP contribution >= 0.6 is 0 Å². The second-order valence-electron chi connectivity index (χ2n) is 5.19. The van der Waals surface area contributed by atoms with Gasteiger partial charge in [0, 0.05) is 12.2 Å². The zero-order valence-electron chi connectivity index (χ0n) is 10.9. The Labute approximate surface area is 109 Å². The summed E-state index contributed by atoms with van der Waals surface area (Å²) in [6.07, 6.45) is 3.49. The first-order valence-corrected chi connectivity index (χ1v) is 6.72. The molecular formula is C17H19N. The Morgan fingerprint density at radius 3 is 2.83 bits per heavy atom. The van der Waals surface area contributed by atoms with Crippen molar-refractivity contribution < 1.29 is 0 Å². The first kappa shape index (κ1) is 11.3. The summed E-state index contributed by atoms with van der Waals surface area (Å²) >= 11 is 0. The van der Waals surface area contributed by atoms with Crippen LogP contribution in [0.25, 0.3) is 0 Å². The maximum atomic E-state index is 3.50. The average molecular weight is 237 g/mol. The van der Waals surface area contributed by atoms with Gasteiger partial charge in [-0.15, -0.1) is 0 Å². The van der Waals surface area contributed by atoms with E-state index in [0.29, 0.717) is 0 Å². The number of hydrogen-bond acceptors (Lipinski definition) is 1. The van der Waals surface area contributed by atoms with Gasteiger partial charge in [-0.25, -0.2) is 0 Å². The Morgan fingerprint density at radius 1 is 1.06 bits per heavy atom. The van der Waals surface area contributed by atoms with Gasteiger partial charge in [0.05, 0.1) is 0 Å². The normalized spacial score (nSPS) is 13.8. The summed E-state index contributed by atoms with van der Waals surface area (Å²) in [4.78, 5) is 0. The van der Waals surface area contributed by atoms with E-state index < -0.39 is 0 Å². The standard InChI is InChI=1S/C17H19N/c1-13-4-2-5-14(10-13)11-15-7-8-16-6-3-9-18-17(16)12-15/h2,4-5,7-8,10,12,18H,3,6,9,11H2,1H3. The van der Waals surface area contributed by atoms with E-state index in [-0.39, 0.29) is 0 Å². The highest BCUT2D eigenvalue weighted by atomic mass is 14.9. The lowest BCUT2D eigenvalue weighted by Crippen LogP contribution is -2.11. The Bertz CT molecular complexity index is 557. The quantitative estimate of drug-likeness (QED) is 0.834. The molecule has 0 atom stereocenters. The van der Waals surface area contributed by atoms with Gasteiger partial charge in [0.15, 0.2) is 0 Å². The number of hydrogen-bond donors (Lipinski definition) is 1. The SMILES string of the molecule is Cc1cccc(Cc2ccc3c(c2)NCCC3)c1. The van der Waals surface area contributed by atoms with Crippen molar-refractivity contribution in [2.24, 2.45) is 0 Å². The first-order chi connectivity index (χ1) is 8.81. The molecule has 2 aromatic carbocycles. The second-order valence-corrected chi connectivity index (χ2v) is 5.19. The van der Waals surface area contributed by atoms with Crippen LogP contribution in [0.3, 0.4) is 0 Å².